The molecular formula is C8H17N3O2. The Morgan fingerprint density at radius 3 is 2.38 bits per heavy atom. The van der Waals surface area contributed by atoms with Gasteiger partial charge >= 0.3 is 5.82 Å². The van der Waals surface area contributed by atoms with Crippen LogP contribution in [0.4, 0.5) is 0 Å². The van der Waals surface area contributed by atoms with Gasteiger partial charge in [0.05, 0.1) is 7.05 Å². The lowest BCUT2D eigenvalue weighted by Crippen LogP contribution is -2.25. The molecule has 0 aliphatic heterocycles. The summed E-state index contributed by atoms with van der Waals surface area (Å²) in [6.45, 7) is 4.67. The molecule has 5 nitrogen and oxygen atoms in total. The molecule has 5 heteroatoms. The van der Waals surface area contributed by atoms with Gasteiger partial charge in [0.1, 0.15) is 5.70 Å². The van der Waals surface area contributed by atoms with Crippen LogP contribution in [0.15, 0.2) is 11.5 Å². The summed E-state index contributed by atoms with van der Waals surface area (Å²) in [6, 6.07) is 0. The first-order valence-electron chi connectivity index (χ1n) is 4.46. The molecule has 0 radical (unpaired) electrons. The van der Waals surface area contributed by atoms with E-state index in [2.05, 4.69) is 10.6 Å². The zero-order valence-electron chi connectivity index (χ0n) is 8.39. The lowest BCUT2D eigenvalue weighted by molar-refractivity contribution is -0.432. The standard InChI is InChI=1S/C8H17N3O2/c1-4-6-10-7(5-2)8(9-3)11(12)13/h9-10H,4-6H2,1-3H3/b8-7+. The van der Waals surface area contributed by atoms with Gasteiger partial charge in [0, 0.05) is 6.54 Å². The first-order valence-corrected chi connectivity index (χ1v) is 4.46. The highest BCUT2D eigenvalue weighted by Gasteiger charge is 2.11. The van der Waals surface area contributed by atoms with Crippen molar-refractivity contribution in [1.82, 2.24) is 10.6 Å². The largest absolute Gasteiger partial charge is 0.382 e. The number of nitro groups is 1. The molecule has 0 aromatic rings. The number of allylic oxidation sites excluding steroid dienone is 1. The van der Waals surface area contributed by atoms with Gasteiger partial charge in [-0.25, -0.2) is 0 Å². The third kappa shape index (κ3) is 3.78. The predicted octanol–water partition coefficient (Wildman–Crippen LogP) is 1.06. The Labute approximate surface area is 78.4 Å². The van der Waals surface area contributed by atoms with Crippen molar-refractivity contribution < 1.29 is 4.92 Å². The number of nitrogens with one attached hydrogen (secondary N) is 2. The lowest BCUT2D eigenvalue weighted by atomic mass is 10.3. The van der Waals surface area contributed by atoms with Gasteiger partial charge in [-0.1, -0.05) is 13.8 Å². The van der Waals surface area contributed by atoms with Crippen molar-refractivity contribution in [3.63, 3.8) is 0 Å². The molecule has 76 valence electrons. The van der Waals surface area contributed by atoms with Gasteiger partial charge in [0.15, 0.2) is 0 Å². The highest BCUT2D eigenvalue weighted by molar-refractivity contribution is 5.03. The van der Waals surface area contributed by atoms with Gasteiger partial charge in [-0.05, 0) is 17.8 Å². The third-order valence-electron chi connectivity index (χ3n) is 1.65. The first kappa shape index (κ1) is 11.7. The molecule has 0 aromatic heterocycles. The molecule has 0 heterocycles. The number of rotatable bonds is 6. The highest BCUT2D eigenvalue weighted by atomic mass is 16.6. The average Bonchev–Trinajstić information content (AvgIpc) is 2.11. The summed E-state index contributed by atoms with van der Waals surface area (Å²) in [5.74, 6) is 0.0657. The molecule has 0 aromatic carbocycles. The predicted molar refractivity (Wildman–Crippen MR) is 51.7 cm³/mol. The second-order valence-corrected chi connectivity index (χ2v) is 2.61. The van der Waals surface area contributed by atoms with E-state index in [9.17, 15) is 10.1 Å². The summed E-state index contributed by atoms with van der Waals surface area (Å²) >= 11 is 0. The minimum atomic E-state index is -0.401. The minimum Gasteiger partial charge on any atom is -0.382 e. The van der Waals surface area contributed by atoms with Crippen LogP contribution < -0.4 is 10.6 Å². The maximum Gasteiger partial charge on any atom is 0.334 e. The Morgan fingerprint density at radius 1 is 1.46 bits per heavy atom. The minimum absolute atomic E-state index is 0.0657. The van der Waals surface area contributed by atoms with Crippen LogP contribution in [0.2, 0.25) is 0 Å². The molecule has 0 bridgehead atoms. The molecule has 0 saturated heterocycles. The SMILES string of the molecule is CCCN/C(CC)=C(\NC)[N+](=O)[O-]. The van der Waals surface area contributed by atoms with Crippen molar-refractivity contribution in [2.24, 2.45) is 0 Å². The fourth-order valence-electron chi connectivity index (χ4n) is 1.00. The first-order chi connectivity index (χ1) is 6.17. The van der Waals surface area contributed by atoms with Gasteiger partial charge in [-0.15, -0.1) is 0 Å². The van der Waals surface area contributed by atoms with Gasteiger partial charge in [0.25, 0.3) is 0 Å². The van der Waals surface area contributed by atoms with Crippen LogP contribution in [-0.2, 0) is 0 Å². The van der Waals surface area contributed by atoms with Gasteiger partial charge in [-0.3, -0.25) is 5.32 Å². The van der Waals surface area contributed by atoms with Gasteiger partial charge < -0.3 is 15.4 Å². The van der Waals surface area contributed by atoms with Gasteiger partial charge in [-0.2, -0.15) is 0 Å². The summed E-state index contributed by atoms with van der Waals surface area (Å²) < 4.78 is 0. The molecule has 0 rings (SSSR count). The van der Waals surface area contributed by atoms with E-state index >= 15 is 0 Å². The molecule has 0 fully saturated rings. The third-order valence-corrected chi connectivity index (χ3v) is 1.65. The Kier molecular flexibility index (Phi) is 5.67. The molecule has 0 spiro atoms. The quantitative estimate of drug-likeness (QED) is 0.482. The second-order valence-electron chi connectivity index (χ2n) is 2.61. The maximum atomic E-state index is 10.5. The molecular weight excluding hydrogens is 170 g/mol. The zero-order valence-corrected chi connectivity index (χ0v) is 8.39. The van der Waals surface area contributed by atoms with E-state index in [0.29, 0.717) is 12.1 Å². The molecule has 2 N–H and O–H groups in total. The van der Waals surface area contributed by atoms with Gasteiger partial charge in [0.2, 0.25) is 0 Å². The topological polar surface area (TPSA) is 67.2 Å². The van der Waals surface area contributed by atoms with Crippen molar-refractivity contribution in [2.45, 2.75) is 26.7 Å². The zero-order chi connectivity index (χ0) is 10.3. The summed E-state index contributed by atoms with van der Waals surface area (Å²) in [4.78, 5) is 10.1. The summed E-state index contributed by atoms with van der Waals surface area (Å²) in [5.41, 5.74) is 0.661. The lowest BCUT2D eigenvalue weighted by Gasteiger charge is -2.09. The Balaban J connectivity index is 4.51. The van der Waals surface area contributed by atoms with Crippen LogP contribution >= 0.6 is 0 Å². The summed E-state index contributed by atoms with van der Waals surface area (Å²) in [7, 11) is 1.56. The van der Waals surface area contributed by atoms with Crippen LogP contribution in [0.5, 0.6) is 0 Å². The Hall–Kier alpha value is -1.26. The maximum absolute atomic E-state index is 10.5. The monoisotopic (exact) mass is 187 g/mol. The smallest absolute Gasteiger partial charge is 0.334 e. The number of hydrogen-bond acceptors (Lipinski definition) is 4. The van der Waals surface area contributed by atoms with Crippen LogP contribution in [0.25, 0.3) is 0 Å². The van der Waals surface area contributed by atoms with Crippen LogP contribution in [-0.4, -0.2) is 18.5 Å². The fraction of sp³-hybridized carbons (Fsp3) is 0.750. The van der Waals surface area contributed by atoms with E-state index in [1.54, 1.807) is 7.05 Å². The molecule has 13 heavy (non-hydrogen) atoms. The summed E-state index contributed by atoms with van der Waals surface area (Å²) in [6.07, 6.45) is 1.59. The Morgan fingerprint density at radius 2 is 2.08 bits per heavy atom. The average molecular weight is 187 g/mol. The number of hydrogen-bond donors (Lipinski definition) is 2. The number of nitrogens with zero attached hydrogens (tertiary/aromatic N) is 1. The van der Waals surface area contributed by atoms with Crippen molar-refractivity contribution in [3.8, 4) is 0 Å². The Bertz CT molecular complexity index is 202. The second kappa shape index (κ2) is 6.28. The highest BCUT2D eigenvalue weighted by Crippen LogP contribution is 2.02. The van der Waals surface area contributed by atoms with Crippen molar-refractivity contribution >= 4 is 0 Å². The van der Waals surface area contributed by atoms with Crippen molar-refractivity contribution in [2.75, 3.05) is 13.6 Å². The molecule has 0 atom stereocenters. The van der Waals surface area contributed by atoms with Crippen molar-refractivity contribution in [1.29, 1.82) is 0 Å². The van der Waals surface area contributed by atoms with Crippen LogP contribution in [0.1, 0.15) is 26.7 Å². The molecule has 0 aliphatic rings. The van der Waals surface area contributed by atoms with E-state index in [0.717, 1.165) is 13.0 Å². The molecule has 0 amide bonds. The van der Waals surface area contributed by atoms with E-state index < -0.39 is 4.92 Å². The normalized spacial score (nSPS) is 11.9. The van der Waals surface area contributed by atoms with Crippen molar-refractivity contribution in [3.05, 3.63) is 21.6 Å². The van der Waals surface area contributed by atoms with Crippen LogP contribution in [0, 0.1) is 10.1 Å². The molecule has 0 saturated carbocycles. The fourth-order valence-corrected chi connectivity index (χ4v) is 1.00. The van der Waals surface area contributed by atoms with E-state index in [1.807, 2.05) is 13.8 Å². The van der Waals surface area contributed by atoms with Crippen LogP contribution in [0.3, 0.4) is 0 Å². The molecule has 0 aliphatic carbocycles. The van der Waals surface area contributed by atoms with E-state index in [4.69, 9.17) is 0 Å². The molecule has 0 unspecified atom stereocenters. The summed E-state index contributed by atoms with van der Waals surface area (Å²) in [5, 5.41) is 16.1. The van der Waals surface area contributed by atoms with E-state index in [-0.39, 0.29) is 5.82 Å². The van der Waals surface area contributed by atoms with E-state index in [1.165, 1.54) is 0 Å².